The van der Waals surface area contributed by atoms with Crippen LogP contribution < -0.4 is 10.6 Å². The largest absolute Gasteiger partial charge is 0.437 e. The highest BCUT2D eigenvalue weighted by molar-refractivity contribution is 5.95. The SMILES string of the molecule is O=C(NC(c1cn2ncc(CC3CCNC3=O)cc2n1)C1CCC(F)(F)CC1)c1conc1C(F)(F)F. The summed E-state index contributed by atoms with van der Waals surface area (Å²) in [7, 11) is 0. The Balaban J connectivity index is 1.43. The van der Waals surface area contributed by atoms with E-state index in [1.165, 1.54) is 10.7 Å². The van der Waals surface area contributed by atoms with Gasteiger partial charge in [-0.3, -0.25) is 9.59 Å². The molecule has 2 aliphatic rings. The van der Waals surface area contributed by atoms with Crippen LogP contribution in [-0.2, 0) is 17.4 Å². The number of rotatable bonds is 6. The summed E-state index contributed by atoms with van der Waals surface area (Å²) in [5, 5.41) is 12.5. The Morgan fingerprint density at radius 3 is 2.70 bits per heavy atom. The first-order chi connectivity index (χ1) is 17.5. The Bertz CT molecular complexity index is 1310. The number of carbonyl (C=O) groups is 2. The molecule has 2 N–H and O–H groups in total. The molecule has 1 saturated carbocycles. The summed E-state index contributed by atoms with van der Waals surface area (Å²) in [6.07, 6.45) is -0.801. The highest BCUT2D eigenvalue weighted by atomic mass is 19.4. The van der Waals surface area contributed by atoms with E-state index in [1.807, 2.05) is 0 Å². The third-order valence-corrected chi connectivity index (χ3v) is 6.96. The Morgan fingerprint density at radius 1 is 1.27 bits per heavy atom. The van der Waals surface area contributed by atoms with Gasteiger partial charge in [-0.2, -0.15) is 18.3 Å². The number of aromatic nitrogens is 4. The maximum absolute atomic E-state index is 13.8. The molecule has 0 radical (unpaired) electrons. The highest BCUT2D eigenvalue weighted by Gasteiger charge is 2.42. The van der Waals surface area contributed by atoms with Crippen LogP contribution in [0.1, 0.15) is 65.5 Å². The van der Waals surface area contributed by atoms with E-state index >= 15 is 0 Å². The lowest BCUT2D eigenvalue weighted by atomic mass is 9.81. The first-order valence-corrected chi connectivity index (χ1v) is 11.8. The molecule has 5 rings (SSSR count). The molecule has 1 saturated heterocycles. The number of imidazole rings is 1. The smallest absolute Gasteiger partial charge is 0.363 e. The lowest BCUT2D eigenvalue weighted by Gasteiger charge is -2.33. The van der Waals surface area contributed by atoms with Crippen molar-refractivity contribution in [3.63, 3.8) is 0 Å². The zero-order chi connectivity index (χ0) is 26.4. The van der Waals surface area contributed by atoms with Crippen molar-refractivity contribution in [3.8, 4) is 0 Å². The van der Waals surface area contributed by atoms with E-state index in [-0.39, 0.29) is 30.4 Å². The van der Waals surface area contributed by atoms with Gasteiger partial charge in [-0.15, -0.1) is 0 Å². The van der Waals surface area contributed by atoms with Gasteiger partial charge in [0, 0.05) is 25.3 Å². The minimum atomic E-state index is -4.91. The molecular weight excluding hydrogens is 503 g/mol. The number of amides is 2. The van der Waals surface area contributed by atoms with Crippen LogP contribution in [0.3, 0.4) is 0 Å². The topological polar surface area (TPSA) is 114 Å². The van der Waals surface area contributed by atoms with Crippen LogP contribution in [0, 0.1) is 11.8 Å². The van der Waals surface area contributed by atoms with E-state index in [1.54, 1.807) is 12.3 Å². The van der Waals surface area contributed by atoms with Crippen molar-refractivity contribution in [1.29, 1.82) is 0 Å². The van der Waals surface area contributed by atoms with Crippen LogP contribution in [0.2, 0.25) is 0 Å². The normalized spacial score (nSPS) is 21.2. The summed E-state index contributed by atoms with van der Waals surface area (Å²) >= 11 is 0. The maximum atomic E-state index is 13.8. The molecule has 1 aliphatic heterocycles. The highest BCUT2D eigenvalue weighted by Crippen LogP contribution is 2.41. The third kappa shape index (κ3) is 5.27. The summed E-state index contributed by atoms with van der Waals surface area (Å²) in [5.74, 6) is -4.66. The molecule has 1 aliphatic carbocycles. The summed E-state index contributed by atoms with van der Waals surface area (Å²) in [4.78, 5) is 29.3. The van der Waals surface area contributed by atoms with Crippen LogP contribution in [0.5, 0.6) is 0 Å². The van der Waals surface area contributed by atoms with Crippen molar-refractivity contribution in [2.45, 2.75) is 56.7 Å². The number of nitrogens with one attached hydrogen (secondary N) is 2. The van der Waals surface area contributed by atoms with Crippen molar-refractivity contribution in [3.05, 3.63) is 47.2 Å². The number of carbonyl (C=O) groups excluding carboxylic acids is 2. The lowest BCUT2D eigenvalue weighted by Crippen LogP contribution is -2.37. The minimum Gasteiger partial charge on any atom is -0.363 e. The van der Waals surface area contributed by atoms with E-state index in [0.29, 0.717) is 31.3 Å². The van der Waals surface area contributed by atoms with Gasteiger partial charge in [0.05, 0.1) is 24.1 Å². The predicted molar refractivity (Wildman–Crippen MR) is 116 cm³/mol. The van der Waals surface area contributed by atoms with Crippen molar-refractivity contribution < 1.29 is 36.1 Å². The molecule has 2 amide bonds. The van der Waals surface area contributed by atoms with E-state index in [2.05, 4.69) is 30.4 Å². The second-order valence-corrected chi connectivity index (χ2v) is 9.53. The summed E-state index contributed by atoms with van der Waals surface area (Å²) in [6.45, 7) is 0.608. The Labute approximate surface area is 206 Å². The molecule has 0 spiro atoms. The predicted octanol–water partition coefficient (Wildman–Crippen LogP) is 3.71. The monoisotopic (exact) mass is 526 g/mol. The number of hydrogen-bond donors (Lipinski definition) is 2. The number of hydrogen-bond acceptors (Lipinski definition) is 6. The molecule has 2 atom stereocenters. The molecule has 3 aromatic rings. The second-order valence-electron chi connectivity index (χ2n) is 9.53. The van der Waals surface area contributed by atoms with Crippen LogP contribution in [0.15, 0.2) is 29.2 Å². The fraction of sp³-hybridized carbons (Fsp3) is 0.522. The fourth-order valence-corrected chi connectivity index (χ4v) is 4.97. The summed E-state index contributed by atoms with van der Waals surface area (Å²) in [6, 6.07) is 0.780. The molecule has 198 valence electrons. The number of nitrogens with zero attached hydrogens (tertiary/aromatic N) is 4. The maximum Gasteiger partial charge on any atom is 0.437 e. The van der Waals surface area contributed by atoms with Gasteiger partial charge in [0.2, 0.25) is 11.8 Å². The molecule has 37 heavy (non-hydrogen) atoms. The van der Waals surface area contributed by atoms with Crippen LogP contribution in [0.4, 0.5) is 22.0 Å². The minimum absolute atomic E-state index is 0.0345. The second kappa shape index (κ2) is 9.38. The number of alkyl halides is 5. The first kappa shape index (κ1) is 25.1. The standard InChI is InChI=1S/C23H23F5N6O3/c24-22(25)4-1-13(2-5-22)18(32-21(36)15-11-37-33-19(15)23(26,27)28)16-10-34-17(31-16)8-12(9-30-34)7-14-3-6-29-20(14)35/h8-11,13-14,18H,1-7H2,(H,29,35)(H,32,36). The Hall–Kier alpha value is -3.58. The zero-order valence-corrected chi connectivity index (χ0v) is 19.4. The molecule has 3 aromatic heterocycles. The molecule has 0 aromatic carbocycles. The van der Waals surface area contributed by atoms with E-state index in [0.717, 1.165) is 5.56 Å². The van der Waals surface area contributed by atoms with Crippen LogP contribution in [-0.4, -0.2) is 44.0 Å². The lowest BCUT2D eigenvalue weighted by molar-refractivity contribution is -0.143. The van der Waals surface area contributed by atoms with Crippen molar-refractivity contribution in [2.24, 2.45) is 11.8 Å². The first-order valence-electron chi connectivity index (χ1n) is 11.8. The molecule has 2 fully saturated rings. The molecular formula is C23H23F5N6O3. The fourth-order valence-electron chi connectivity index (χ4n) is 4.97. The molecule has 9 nitrogen and oxygen atoms in total. The van der Waals surface area contributed by atoms with Gasteiger partial charge >= 0.3 is 6.18 Å². The average molecular weight is 526 g/mol. The summed E-state index contributed by atoms with van der Waals surface area (Å²) < 4.78 is 73.2. The number of halogens is 5. The summed E-state index contributed by atoms with van der Waals surface area (Å²) in [5.41, 5.74) is -0.846. The van der Waals surface area contributed by atoms with Crippen molar-refractivity contribution in [1.82, 2.24) is 30.4 Å². The van der Waals surface area contributed by atoms with Gasteiger partial charge in [-0.05, 0) is 43.2 Å². The van der Waals surface area contributed by atoms with Crippen molar-refractivity contribution >= 4 is 17.5 Å². The Morgan fingerprint density at radius 2 is 2.03 bits per heavy atom. The van der Waals surface area contributed by atoms with Gasteiger partial charge in [0.1, 0.15) is 11.8 Å². The van der Waals surface area contributed by atoms with E-state index in [9.17, 15) is 31.5 Å². The van der Waals surface area contributed by atoms with Gasteiger partial charge in [-0.1, -0.05) is 5.16 Å². The zero-order valence-electron chi connectivity index (χ0n) is 19.4. The molecule has 0 bridgehead atoms. The molecule has 4 heterocycles. The number of fused-ring (bicyclic) bond motifs is 1. The molecule has 14 heteroatoms. The van der Waals surface area contributed by atoms with Crippen LogP contribution in [0.25, 0.3) is 5.65 Å². The van der Waals surface area contributed by atoms with E-state index < -0.39 is 54.1 Å². The molecule has 2 unspecified atom stereocenters. The Kier molecular flexibility index (Phi) is 6.36. The van der Waals surface area contributed by atoms with E-state index in [4.69, 9.17) is 0 Å². The van der Waals surface area contributed by atoms with Gasteiger partial charge < -0.3 is 15.2 Å². The van der Waals surface area contributed by atoms with Gasteiger partial charge in [-0.25, -0.2) is 18.3 Å². The van der Waals surface area contributed by atoms with Crippen molar-refractivity contribution in [2.75, 3.05) is 6.54 Å². The quantitative estimate of drug-likeness (QED) is 0.474. The third-order valence-electron chi connectivity index (χ3n) is 6.96. The van der Waals surface area contributed by atoms with Crippen LogP contribution >= 0.6 is 0 Å². The van der Waals surface area contributed by atoms with Gasteiger partial charge in [0.25, 0.3) is 5.91 Å². The van der Waals surface area contributed by atoms with Gasteiger partial charge in [0.15, 0.2) is 11.3 Å². The average Bonchev–Trinajstić information content (AvgIpc) is 3.57.